The average Bonchev–Trinajstić information content (AvgIpc) is 3.24. The molecule has 1 unspecified atom stereocenters. The molecule has 3 rings (SSSR count). The Kier molecular flexibility index (Phi) is 4.38. The van der Waals surface area contributed by atoms with Crippen LogP contribution in [0, 0.1) is 5.92 Å². The normalized spacial score (nSPS) is 19.1. The lowest BCUT2D eigenvalue weighted by Gasteiger charge is -2.14. The molecule has 1 fully saturated rings. The molecule has 1 aliphatic heterocycles. The largest absolute Gasteiger partial charge is 0.494 e. The van der Waals surface area contributed by atoms with Crippen molar-refractivity contribution in [1.29, 1.82) is 0 Å². The minimum Gasteiger partial charge on any atom is -0.494 e. The third-order valence-corrected chi connectivity index (χ3v) is 5.93. The van der Waals surface area contributed by atoms with Gasteiger partial charge in [-0.25, -0.2) is 13.1 Å². The number of ether oxygens (including phenoxy) is 1. The van der Waals surface area contributed by atoms with Gasteiger partial charge in [-0.1, -0.05) is 12.1 Å². The number of rotatable bonds is 5. The summed E-state index contributed by atoms with van der Waals surface area (Å²) in [4.78, 5) is 0.182. The fourth-order valence-corrected chi connectivity index (χ4v) is 4.21. The van der Waals surface area contributed by atoms with Crippen molar-refractivity contribution in [3.63, 3.8) is 0 Å². The van der Waals surface area contributed by atoms with Crippen LogP contribution in [0.1, 0.15) is 6.42 Å². The molecule has 8 heteroatoms. The third kappa shape index (κ3) is 2.97. The number of methoxy groups -OCH3 is 1. The minimum atomic E-state index is -3.53. The molecule has 0 saturated carbocycles. The fraction of sp³-hybridized carbons (Fsp3) is 0.400. The van der Waals surface area contributed by atoms with Crippen LogP contribution in [0.4, 0.5) is 0 Å². The second-order valence-electron chi connectivity index (χ2n) is 5.55. The minimum absolute atomic E-state index is 0.182. The first-order valence-electron chi connectivity index (χ1n) is 7.44. The van der Waals surface area contributed by atoms with Crippen molar-refractivity contribution in [2.75, 3.05) is 26.7 Å². The van der Waals surface area contributed by atoms with E-state index in [1.165, 1.54) is 21.4 Å². The van der Waals surface area contributed by atoms with Crippen molar-refractivity contribution in [2.45, 2.75) is 11.3 Å². The van der Waals surface area contributed by atoms with Crippen molar-refractivity contribution >= 4 is 10.0 Å². The summed E-state index contributed by atoms with van der Waals surface area (Å²) in [6, 6.07) is 7.32. The van der Waals surface area contributed by atoms with Gasteiger partial charge in [0.15, 0.2) is 0 Å². The summed E-state index contributed by atoms with van der Waals surface area (Å²) < 4.78 is 33.7. The molecule has 23 heavy (non-hydrogen) atoms. The summed E-state index contributed by atoms with van der Waals surface area (Å²) in [5.41, 5.74) is 6.33. The molecule has 1 aromatic carbocycles. The van der Waals surface area contributed by atoms with Crippen LogP contribution in [-0.2, 0) is 10.0 Å². The first-order chi connectivity index (χ1) is 11.1. The van der Waals surface area contributed by atoms with E-state index in [4.69, 9.17) is 10.5 Å². The maximum absolute atomic E-state index is 12.7. The Morgan fingerprint density at radius 2 is 2.17 bits per heavy atom. The number of nitrogens with two attached hydrogens (primary N) is 1. The van der Waals surface area contributed by atoms with E-state index in [2.05, 4.69) is 5.10 Å². The molecule has 0 aliphatic carbocycles. The van der Waals surface area contributed by atoms with Crippen molar-refractivity contribution in [3.05, 3.63) is 36.7 Å². The zero-order valence-corrected chi connectivity index (χ0v) is 13.7. The van der Waals surface area contributed by atoms with Crippen molar-refractivity contribution < 1.29 is 13.2 Å². The van der Waals surface area contributed by atoms with Gasteiger partial charge in [0.1, 0.15) is 16.3 Å². The maximum atomic E-state index is 12.7. The highest BCUT2D eigenvalue weighted by Gasteiger charge is 2.32. The van der Waals surface area contributed by atoms with E-state index in [1.54, 1.807) is 13.2 Å². The van der Waals surface area contributed by atoms with E-state index in [1.807, 2.05) is 18.2 Å². The Bertz CT molecular complexity index is 788. The molecule has 0 bridgehead atoms. The maximum Gasteiger partial charge on any atom is 0.246 e. The van der Waals surface area contributed by atoms with Crippen LogP contribution in [-0.4, -0.2) is 49.2 Å². The zero-order chi connectivity index (χ0) is 16.4. The highest BCUT2D eigenvalue weighted by molar-refractivity contribution is 7.89. The Morgan fingerprint density at radius 1 is 1.39 bits per heavy atom. The van der Waals surface area contributed by atoms with Gasteiger partial charge in [0, 0.05) is 13.1 Å². The monoisotopic (exact) mass is 336 g/mol. The fourth-order valence-electron chi connectivity index (χ4n) is 2.75. The summed E-state index contributed by atoms with van der Waals surface area (Å²) >= 11 is 0. The van der Waals surface area contributed by atoms with Gasteiger partial charge in [0.2, 0.25) is 10.0 Å². The molecule has 124 valence electrons. The van der Waals surface area contributed by atoms with Crippen LogP contribution < -0.4 is 10.5 Å². The summed E-state index contributed by atoms with van der Waals surface area (Å²) in [5.74, 6) is 0.859. The number of hydrogen-bond acceptors (Lipinski definition) is 5. The Morgan fingerprint density at radius 3 is 2.87 bits per heavy atom. The first kappa shape index (κ1) is 16.0. The Labute approximate surface area is 135 Å². The van der Waals surface area contributed by atoms with E-state index < -0.39 is 10.0 Å². The van der Waals surface area contributed by atoms with Crippen LogP contribution in [0.25, 0.3) is 5.69 Å². The number of para-hydroxylation sites is 2. The number of benzene rings is 1. The number of hydrogen-bond donors (Lipinski definition) is 1. The number of aromatic nitrogens is 2. The number of nitrogens with zero attached hydrogens (tertiary/aromatic N) is 3. The molecule has 1 atom stereocenters. The van der Waals surface area contributed by atoms with Crippen LogP contribution in [0.2, 0.25) is 0 Å². The molecule has 7 nitrogen and oxygen atoms in total. The molecule has 1 aliphatic rings. The van der Waals surface area contributed by atoms with Crippen LogP contribution in [0.5, 0.6) is 5.75 Å². The molecule has 1 saturated heterocycles. The summed E-state index contributed by atoms with van der Waals surface area (Å²) in [6.07, 6.45) is 3.69. The molecule has 2 aromatic rings. The lowest BCUT2D eigenvalue weighted by atomic mass is 10.1. The molecule has 0 radical (unpaired) electrons. The van der Waals surface area contributed by atoms with Gasteiger partial charge >= 0.3 is 0 Å². The van der Waals surface area contributed by atoms with Gasteiger partial charge in [-0.15, -0.1) is 0 Å². The lowest BCUT2D eigenvalue weighted by Crippen LogP contribution is -2.29. The third-order valence-electron chi connectivity index (χ3n) is 4.11. The average molecular weight is 336 g/mol. The van der Waals surface area contributed by atoms with Crippen LogP contribution >= 0.6 is 0 Å². The predicted octanol–water partition coefficient (Wildman–Crippen LogP) is 0.850. The van der Waals surface area contributed by atoms with Crippen molar-refractivity contribution in [2.24, 2.45) is 11.7 Å². The predicted molar refractivity (Wildman–Crippen MR) is 86.0 cm³/mol. The summed E-state index contributed by atoms with van der Waals surface area (Å²) in [5, 5.41) is 4.18. The van der Waals surface area contributed by atoms with Gasteiger partial charge in [0.25, 0.3) is 0 Å². The second kappa shape index (κ2) is 6.31. The quantitative estimate of drug-likeness (QED) is 0.874. The Balaban J connectivity index is 1.90. The van der Waals surface area contributed by atoms with Crippen LogP contribution in [0.3, 0.4) is 0 Å². The molecule has 0 amide bonds. The van der Waals surface area contributed by atoms with E-state index in [-0.39, 0.29) is 10.8 Å². The SMILES string of the molecule is COc1ccccc1-n1cc(S(=O)(=O)N2CCC(CN)C2)cn1. The molecule has 2 N–H and O–H groups in total. The standard InChI is InChI=1S/C15H20N4O3S/c1-22-15-5-3-2-4-14(15)19-11-13(9-17-19)23(20,21)18-7-6-12(8-16)10-18/h2-5,9,11-12H,6-8,10,16H2,1H3. The highest BCUT2D eigenvalue weighted by Crippen LogP contribution is 2.26. The summed E-state index contributed by atoms with van der Waals surface area (Å²) in [7, 11) is -1.97. The summed E-state index contributed by atoms with van der Waals surface area (Å²) in [6.45, 7) is 1.48. The Hall–Kier alpha value is -1.90. The van der Waals surface area contributed by atoms with Crippen molar-refractivity contribution in [1.82, 2.24) is 14.1 Å². The van der Waals surface area contributed by atoms with Crippen molar-refractivity contribution in [3.8, 4) is 11.4 Å². The highest BCUT2D eigenvalue weighted by atomic mass is 32.2. The second-order valence-corrected chi connectivity index (χ2v) is 7.48. The van der Waals surface area contributed by atoms with Gasteiger partial charge in [-0.2, -0.15) is 9.40 Å². The molecule has 0 spiro atoms. The first-order valence-corrected chi connectivity index (χ1v) is 8.88. The topological polar surface area (TPSA) is 90.5 Å². The van der Waals surface area contributed by atoms with Gasteiger partial charge in [-0.05, 0) is 31.0 Å². The van der Waals surface area contributed by atoms with E-state index >= 15 is 0 Å². The van der Waals surface area contributed by atoms with E-state index in [9.17, 15) is 8.42 Å². The van der Waals surface area contributed by atoms with E-state index in [0.29, 0.717) is 31.1 Å². The smallest absolute Gasteiger partial charge is 0.246 e. The molecule has 1 aromatic heterocycles. The van der Waals surface area contributed by atoms with Gasteiger partial charge in [-0.3, -0.25) is 0 Å². The lowest BCUT2D eigenvalue weighted by molar-refractivity contribution is 0.411. The van der Waals surface area contributed by atoms with Gasteiger partial charge in [0.05, 0.1) is 19.5 Å². The zero-order valence-electron chi connectivity index (χ0n) is 12.9. The number of sulfonamides is 1. The van der Waals surface area contributed by atoms with Gasteiger partial charge < -0.3 is 10.5 Å². The van der Waals surface area contributed by atoms with E-state index in [0.717, 1.165) is 6.42 Å². The molecular formula is C15H20N4O3S. The molecule has 2 heterocycles. The van der Waals surface area contributed by atoms with Crippen LogP contribution in [0.15, 0.2) is 41.6 Å². The molecular weight excluding hydrogens is 316 g/mol.